The number of aliphatic hydroxyl groups is 1. The number of nitrogens with zero attached hydrogens (tertiary/aromatic N) is 2. The lowest BCUT2D eigenvalue weighted by atomic mass is 9.93. The molecule has 2 aromatic rings. The Labute approximate surface area is 125 Å². The van der Waals surface area contributed by atoms with E-state index < -0.39 is 5.60 Å². The van der Waals surface area contributed by atoms with Gasteiger partial charge in [-0.2, -0.15) is 0 Å². The summed E-state index contributed by atoms with van der Waals surface area (Å²) in [5.74, 6) is 1.05. The third-order valence-electron chi connectivity index (χ3n) is 4.29. The summed E-state index contributed by atoms with van der Waals surface area (Å²) in [6.07, 6.45) is 1.58. The molecule has 1 saturated heterocycles. The third-order valence-corrected chi connectivity index (χ3v) is 4.29. The van der Waals surface area contributed by atoms with Gasteiger partial charge in [-0.25, -0.2) is 4.98 Å². The second-order valence-electron chi connectivity index (χ2n) is 6.18. The average Bonchev–Trinajstić information content (AvgIpc) is 2.47. The molecule has 0 spiro atoms. The van der Waals surface area contributed by atoms with Crippen LogP contribution in [0.1, 0.15) is 25.3 Å². The second-order valence-corrected chi connectivity index (χ2v) is 6.18. The van der Waals surface area contributed by atoms with Gasteiger partial charge >= 0.3 is 0 Å². The minimum absolute atomic E-state index is 0.531. The van der Waals surface area contributed by atoms with Crippen molar-refractivity contribution in [1.29, 1.82) is 0 Å². The molecule has 4 heteroatoms. The van der Waals surface area contributed by atoms with Crippen molar-refractivity contribution in [1.82, 2.24) is 10.3 Å². The number of hydrogen-bond acceptors (Lipinski definition) is 4. The largest absolute Gasteiger partial charge is 0.390 e. The van der Waals surface area contributed by atoms with E-state index in [2.05, 4.69) is 28.4 Å². The molecule has 0 amide bonds. The molecule has 1 aromatic heterocycles. The highest BCUT2D eigenvalue weighted by atomic mass is 16.3. The summed E-state index contributed by atoms with van der Waals surface area (Å²) in [4.78, 5) is 7.17. The van der Waals surface area contributed by atoms with E-state index in [1.54, 1.807) is 0 Å². The first-order valence-corrected chi connectivity index (χ1v) is 7.60. The summed E-state index contributed by atoms with van der Waals surface area (Å²) in [5, 5.41) is 14.5. The molecule has 0 saturated carbocycles. The first kappa shape index (κ1) is 14.3. The van der Waals surface area contributed by atoms with E-state index in [1.807, 2.05) is 26.1 Å². The number of rotatable bonds is 3. The molecule has 4 nitrogen and oxygen atoms in total. The number of para-hydroxylation sites is 1. The van der Waals surface area contributed by atoms with Gasteiger partial charge < -0.3 is 15.3 Å². The molecule has 0 bridgehead atoms. The van der Waals surface area contributed by atoms with Crippen LogP contribution in [0.25, 0.3) is 10.9 Å². The van der Waals surface area contributed by atoms with E-state index in [-0.39, 0.29) is 0 Å². The molecule has 1 fully saturated rings. The molecule has 2 heterocycles. The number of hydrogen-bond donors (Lipinski definition) is 2. The number of nitrogens with one attached hydrogen (secondary N) is 1. The first-order valence-electron chi connectivity index (χ1n) is 7.60. The predicted octanol–water partition coefficient (Wildman–Crippen LogP) is 2.31. The van der Waals surface area contributed by atoms with Crippen LogP contribution in [0.4, 0.5) is 5.82 Å². The Morgan fingerprint density at radius 1 is 1.29 bits per heavy atom. The van der Waals surface area contributed by atoms with Crippen LogP contribution in [0.3, 0.4) is 0 Å². The highest BCUT2D eigenvalue weighted by Crippen LogP contribution is 2.29. The summed E-state index contributed by atoms with van der Waals surface area (Å²) >= 11 is 0. The lowest BCUT2D eigenvalue weighted by molar-refractivity contribution is 0.0350. The number of anilines is 1. The van der Waals surface area contributed by atoms with Crippen molar-refractivity contribution in [3.8, 4) is 0 Å². The monoisotopic (exact) mass is 285 g/mol. The summed E-state index contributed by atoms with van der Waals surface area (Å²) in [6.45, 7) is 4.44. The molecular formula is C17H23N3O. The van der Waals surface area contributed by atoms with E-state index in [1.165, 1.54) is 10.9 Å². The van der Waals surface area contributed by atoms with Crippen LogP contribution in [0, 0.1) is 0 Å². The van der Waals surface area contributed by atoms with Crippen LogP contribution >= 0.6 is 0 Å². The maximum absolute atomic E-state index is 10.1. The molecule has 0 unspecified atom stereocenters. The van der Waals surface area contributed by atoms with Crippen molar-refractivity contribution in [2.45, 2.75) is 31.9 Å². The van der Waals surface area contributed by atoms with Gasteiger partial charge in [-0.05, 0) is 38.9 Å². The van der Waals surface area contributed by atoms with Gasteiger partial charge in [-0.1, -0.05) is 18.2 Å². The van der Waals surface area contributed by atoms with Crippen molar-refractivity contribution < 1.29 is 5.11 Å². The normalized spacial score (nSPS) is 18.1. The number of pyridine rings is 1. The molecular weight excluding hydrogens is 262 g/mol. The van der Waals surface area contributed by atoms with Crippen LogP contribution in [-0.4, -0.2) is 35.8 Å². The zero-order valence-corrected chi connectivity index (χ0v) is 12.8. The van der Waals surface area contributed by atoms with E-state index in [0.717, 1.165) is 43.8 Å². The Kier molecular flexibility index (Phi) is 3.83. The minimum Gasteiger partial charge on any atom is -0.390 e. The molecule has 2 N–H and O–H groups in total. The summed E-state index contributed by atoms with van der Waals surface area (Å²) in [6, 6.07) is 10.5. The van der Waals surface area contributed by atoms with Crippen LogP contribution < -0.4 is 10.2 Å². The SMILES string of the molecule is CNCc1cc2ccccc2nc1N1CCC(C)(O)CC1. The predicted molar refractivity (Wildman–Crippen MR) is 86.6 cm³/mol. The third kappa shape index (κ3) is 3.01. The fraction of sp³-hybridized carbons (Fsp3) is 0.471. The van der Waals surface area contributed by atoms with Crippen LogP contribution in [0.2, 0.25) is 0 Å². The highest BCUT2D eigenvalue weighted by molar-refractivity contribution is 5.81. The summed E-state index contributed by atoms with van der Waals surface area (Å²) in [7, 11) is 1.96. The van der Waals surface area contributed by atoms with Crippen molar-refractivity contribution in [3.05, 3.63) is 35.9 Å². The molecule has 0 radical (unpaired) electrons. The molecule has 21 heavy (non-hydrogen) atoms. The minimum atomic E-state index is -0.531. The fourth-order valence-corrected chi connectivity index (χ4v) is 2.94. The van der Waals surface area contributed by atoms with Crippen molar-refractivity contribution in [3.63, 3.8) is 0 Å². The first-order chi connectivity index (χ1) is 10.1. The van der Waals surface area contributed by atoms with Crippen molar-refractivity contribution in [2.75, 3.05) is 25.0 Å². The Morgan fingerprint density at radius 2 is 2.00 bits per heavy atom. The van der Waals surface area contributed by atoms with Gasteiger partial charge in [0, 0.05) is 30.6 Å². The fourth-order valence-electron chi connectivity index (χ4n) is 2.94. The number of piperidine rings is 1. The van der Waals surface area contributed by atoms with E-state index >= 15 is 0 Å². The van der Waals surface area contributed by atoms with Gasteiger partial charge in [0.15, 0.2) is 0 Å². The quantitative estimate of drug-likeness (QED) is 0.908. The van der Waals surface area contributed by atoms with Gasteiger partial charge in [0.05, 0.1) is 11.1 Å². The second kappa shape index (κ2) is 5.62. The molecule has 3 rings (SSSR count). The van der Waals surface area contributed by atoms with Gasteiger partial charge in [0.25, 0.3) is 0 Å². The van der Waals surface area contributed by atoms with E-state index in [4.69, 9.17) is 4.98 Å². The van der Waals surface area contributed by atoms with Crippen LogP contribution in [0.15, 0.2) is 30.3 Å². The molecule has 1 aromatic carbocycles. The molecule has 1 aliphatic heterocycles. The zero-order valence-electron chi connectivity index (χ0n) is 12.8. The van der Waals surface area contributed by atoms with Crippen molar-refractivity contribution >= 4 is 16.7 Å². The van der Waals surface area contributed by atoms with Gasteiger partial charge in [0.2, 0.25) is 0 Å². The lowest BCUT2D eigenvalue weighted by Gasteiger charge is -2.37. The smallest absolute Gasteiger partial charge is 0.133 e. The molecule has 112 valence electrons. The standard InChI is InChI=1S/C17H23N3O/c1-17(21)7-9-20(10-8-17)16-14(12-18-2)11-13-5-3-4-6-15(13)19-16/h3-6,11,18,21H,7-10,12H2,1-2H3. The summed E-state index contributed by atoms with van der Waals surface area (Å²) < 4.78 is 0. The van der Waals surface area contributed by atoms with Crippen LogP contribution in [0.5, 0.6) is 0 Å². The number of aromatic nitrogens is 1. The maximum Gasteiger partial charge on any atom is 0.133 e. The average molecular weight is 285 g/mol. The number of fused-ring (bicyclic) bond motifs is 1. The summed E-state index contributed by atoms with van der Waals surface area (Å²) in [5.41, 5.74) is 1.72. The van der Waals surface area contributed by atoms with Gasteiger partial charge in [-0.15, -0.1) is 0 Å². The van der Waals surface area contributed by atoms with Gasteiger partial charge in [-0.3, -0.25) is 0 Å². The lowest BCUT2D eigenvalue weighted by Crippen LogP contribution is -2.43. The number of benzene rings is 1. The van der Waals surface area contributed by atoms with Gasteiger partial charge in [0.1, 0.15) is 5.82 Å². The Morgan fingerprint density at radius 3 is 2.71 bits per heavy atom. The molecule has 0 atom stereocenters. The zero-order chi connectivity index (χ0) is 14.9. The maximum atomic E-state index is 10.1. The molecule has 0 aliphatic carbocycles. The van der Waals surface area contributed by atoms with E-state index in [9.17, 15) is 5.11 Å². The highest BCUT2D eigenvalue weighted by Gasteiger charge is 2.28. The van der Waals surface area contributed by atoms with Crippen LogP contribution in [-0.2, 0) is 6.54 Å². The Balaban J connectivity index is 1.97. The molecule has 1 aliphatic rings. The Bertz CT molecular complexity index is 629. The van der Waals surface area contributed by atoms with Crippen molar-refractivity contribution in [2.24, 2.45) is 0 Å². The van der Waals surface area contributed by atoms with E-state index in [0.29, 0.717) is 0 Å². The topological polar surface area (TPSA) is 48.4 Å². The Hall–Kier alpha value is -1.65.